The van der Waals surface area contributed by atoms with Crippen LogP contribution in [0.25, 0.3) is 0 Å². The quantitative estimate of drug-likeness (QED) is 0.826. The van der Waals surface area contributed by atoms with Crippen molar-refractivity contribution in [3.05, 3.63) is 0 Å². The molecule has 0 aromatic rings. The van der Waals surface area contributed by atoms with Crippen LogP contribution in [0, 0.1) is 0 Å². The van der Waals surface area contributed by atoms with Gasteiger partial charge in [0, 0.05) is 24.7 Å². The molecule has 0 saturated carbocycles. The zero-order valence-corrected chi connectivity index (χ0v) is 12.5. The monoisotopic (exact) mass is 253 g/mol. The highest BCUT2D eigenvalue weighted by atomic mass is 15.2. The van der Waals surface area contributed by atoms with E-state index in [9.17, 15) is 0 Å². The van der Waals surface area contributed by atoms with Crippen molar-refractivity contribution >= 4 is 0 Å². The molecular formula is C15H31N3. The first-order valence-electron chi connectivity index (χ1n) is 7.93. The Morgan fingerprint density at radius 2 is 2.00 bits per heavy atom. The first-order valence-corrected chi connectivity index (χ1v) is 7.93. The van der Waals surface area contributed by atoms with Gasteiger partial charge >= 0.3 is 0 Å². The molecule has 2 aliphatic rings. The van der Waals surface area contributed by atoms with E-state index < -0.39 is 0 Å². The summed E-state index contributed by atoms with van der Waals surface area (Å²) in [6.45, 7) is 13.2. The molecule has 18 heavy (non-hydrogen) atoms. The van der Waals surface area contributed by atoms with Crippen LogP contribution in [0.2, 0.25) is 0 Å². The Bertz CT molecular complexity index is 236. The molecule has 0 amide bonds. The highest BCUT2D eigenvalue weighted by Crippen LogP contribution is 2.22. The first kappa shape index (κ1) is 14.3. The Hall–Kier alpha value is -0.120. The molecule has 0 aromatic heterocycles. The molecule has 2 fully saturated rings. The molecule has 3 heteroatoms. The van der Waals surface area contributed by atoms with Crippen molar-refractivity contribution in [1.29, 1.82) is 0 Å². The number of rotatable bonds is 4. The van der Waals surface area contributed by atoms with Gasteiger partial charge in [0.15, 0.2) is 0 Å². The second kappa shape index (κ2) is 6.88. The Kier molecular flexibility index (Phi) is 5.46. The summed E-state index contributed by atoms with van der Waals surface area (Å²) < 4.78 is 0. The summed E-state index contributed by atoms with van der Waals surface area (Å²) in [5, 5.41) is 3.52. The molecule has 0 aromatic carbocycles. The van der Waals surface area contributed by atoms with E-state index in [0.29, 0.717) is 6.04 Å². The zero-order chi connectivity index (χ0) is 13.0. The van der Waals surface area contributed by atoms with Gasteiger partial charge < -0.3 is 10.2 Å². The lowest BCUT2D eigenvalue weighted by Gasteiger charge is -2.35. The Morgan fingerprint density at radius 3 is 2.61 bits per heavy atom. The molecule has 0 aliphatic carbocycles. The predicted molar refractivity (Wildman–Crippen MR) is 78.0 cm³/mol. The van der Waals surface area contributed by atoms with Crippen LogP contribution in [-0.4, -0.2) is 60.6 Å². The van der Waals surface area contributed by atoms with Crippen LogP contribution in [0.5, 0.6) is 0 Å². The second-order valence-electron chi connectivity index (χ2n) is 6.19. The maximum absolute atomic E-state index is 3.52. The number of likely N-dealkylation sites (N-methyl/N-ethyl adjacent to an activating group) is 1. The van der Waals surface area contributed by atoms with Crippen molar-refractivity contribution in [2.24, 2.45) is 0 Å². The number of hydrogen-bond acceptors (Lipinski definition) is 3. The molecule has 0 spiro atoms. The van der Waals surface area contributed by atoms with Gasteiger partial charge in [-0.3, -0.25) is 4.90 Å². The van der Waals surface area contributed by atoms with Gasteiger partial charge in [-0.2, -0.15) is 0 Å². The van der Waals surface area contributed by atoms with Crippen molar-refractivity contribution in [2.45, 2.75) is 64.6 Å². The van der Waals surface area contributed by atoms with E-state index in [0.717, 1.165) is 12.1 Å². The molecule has 1 N–H and O–H groups in total. The van der Waals surface area contributed by atoms with Crippen LogP contribution in [0.3, 0.4) is 0 Å². The highest BCUT2D eigenvalue weighted by Gasteiger charge is 2.29. The van der Waals surface area contributed by atoms with Crippen molar-refractivity contribution in [2.75, 3.05) is 32.7 Å². The maximum Gasteiger partial charge on any atom is 0.0235 e. The number of nitrogens with zero attached hydrogens (tertiary/aromatic N) is 2. The molecular weight excluding hydrogens is 222 g/mol. The lowest BCUT2D eigenvalue weighted by Crippen LogP contribution is -2.44. The van der Waals surface area contributed by atoms with E-state index in [4.69, 9.17) is 0 Å². The Labute approximate surface area is 113 Å². The summed E-state index contributed by atoms with van der Waals surface area (Å²) in [6.07, 6.45) is 5.48. The summed E-state index contributed by atoms with van der Waals surface area (Å²) >= 11 is 0. The summed E-state index contributed by atoms with van der Waals surface area (Å²) in [5.41, 5.74) is 0. The molecule has 3 nitrogen and oxygen atoms in total. The van der Waals surface area contributed by atoms with Gasteiger partial charge in [0.1, 0.15) is 0 Å². The lowest BCUT2D eigenvalue weighted by atomic mass is 10.0. The van der Waals surface area contributed by atoms with Crippen LogP contribution < -0.4 is 5.32 Å². The van der Waals surface area contributed by atoms with Crippen LogP contribution in [0.15, 0.2) is 0 Å². The number of hydrogen-bond donors (Lipinski definition) is 1. The van der Waals surface area contributed by atoms with Crippen LogP contribution in [-0.2, 0) is 0 Å². The van der Waals surface area contributed by atoms with E-state index in [1.54, 1.807) is 0 Å². The molecule has 2 atom stereocenters. The van der Waals surface area contributed by atoms with Gasteiger partial charge in [0.25, 0.3) is 0 Å². The second-order valence-corrected chi connectivity index (χ2v) is 6.19. The molecule has 2 aliphatic heterocycles. The molecule has 2 heterocycles. The lowest BCUT2D eigenvalue weighted by molar-refractivity contribution is 0.134. The van der Waals surface area contributed by atoms with Crippen LogP contribution in [0.4, 0.5) is 0 Å². The smallest absolute Gasteiger partial charge is 0.0235 e. The minimum Gasteiger partial charge on any atom is -0.315 e. The third kappa shape index (κ3) is 3.46. The minimum absolute atomic E-state index is 0.715. The average Bonchev–Trinajstić information content (AvgIpc) is 2.75. The van der Waals surface area contributed by atoms with E-state index in [1.807, 2.05) is 0 Å². The fourth-order valence-corrected chi connectivity index (χ4v) is 3.69. The largest absolute Gasteiger partial charge is 0.315 e. The fourth-order valence-electron chi connectivity index (χ4n) is 3.69. The van der Waals surface area contributed by atoms with Crippen molar-refractivity contribution in [3.63, 3.8) is 0 Å². The van der Waals surface area contributed by atoms with Crippen LogP contribution >= 0.6 is 0 Å². The van der Waals surface area contributed by atoms with Gasteiger partial charge in [-0.25, -0.2) is 0 Å². The molecule has 2 saturated heterocycles. The third-order valence-electron chi connectivity index (χ3n) is 4.80. The van der Waals surface area contributed by atoms with E-state index in [1.165, 1.54) is 58.4 Å². The Morgan fingerprint density at radius 1 is 1.17 bits per heavy atom. The Balaban J connectivity index is 1.90. The predicted octanol–water partition coefficient (Wildman–Crippen LogP) is 1.93. The first-order chi connectivity index (χ1) is 8.72. The minimum atomic E-state index is 0.715. The normalized spacial score (nSPS) is 31.2. The summed E-state index contributed by atoms with van der Waals surface area (Å²) in [7, 11) is 0. The van der Waals surface area contributed by atoms with Gasteiger partial charge in [0.2, 0.25) is 0 Å². The topological polar surface area (TPSA) is 18.5 Å². The van der Waals surface area contributed by atoms with Crippen LogP contribution in [0.1, 0.15) is 46.5 Å². The summed E-state index contributed by atoms with van der Waals surface area (Å²) in [4.78, 5) is 5.44. The van der Waals surface area contributed by atoms with Gasteiger partial charge in [-0.1, -0.05) is 6.92 Å². The number of likely N-dealkylation sites (tertiary alicyclic amines) is 1. The third-order valence-corrected chi connectivity index (χ3v) is 4.80. The number of nitrogens with one attached hydrogen (secondary N) is 1. The maximum atomic E-state index is 3.52. The van der Waals surface area contributed by atoms with Crippen molar-refractivity contribution in [3.8, 4) is 0 Å². The van der Waals surface area contributed by atoms with Gasteiger partial charge in [-0.05, 0) is 65.7 Å². The standard InChI is InChI=1S/C15H31N3/c1-4-18(15-7-9-16-12-15)14-6-5-10-17(11-8-14)13(2)3/h13-16H,4-12H2,1-3H3. The molecule has 106 valence electrons. The molecule has 2 unspecified atom stereocenters. The fraction of sp³-hybridized carbons (Fsp3) is 1.00. The van der Waals surface area contributed by atoms with E-state index in [-0.39, 0.29) is 0 Å². The van der Waals surface area contributed by atoms with Gasteiger partial charge in [0.05, 0.1) is 0 Å². The van der Waals surface area contributed by atoms with Crippen molar-refractivity contribution in [1.82, 2.24) is 15.1 Å². The average molecular weight is 253 g/mol. The van der Waals surface area contributed by atoms with E-state index >= 15 is 0 Å². The molecule has 0 bridgehead atoms. The van der Waals surface area contributed by atoms with Crippen molar-refractivity contribution < 1.29 is 0 Å². The summed E-state index contributed by atoms with van der Waals surface area (Å²) in [6, 6.07) is 2.33. The molecule has 2 rings (SSSR count). The zero-order valence-electron chi connectivity index (χ0n) is 12.5. The van der Waals surface area contributed by atoms with E-state index in [2.05, 4.69) is 35.9 Å². The summed E-state index contributed by atoms with van der Waals surface area (Å²) in [5.74, 6) is 0. The highest BCUT2D eigenvalue weighted by molar-refractivity contribution is 4.86. The van der Waals surface area contributed by atoms with Gasteiger partial charge in [-0.15, -0.1) is 0 Å². The molecule has 0 radical (unpaired) electrons. The SMILES string of the molecule is CCN(C1CCCN(C(C)C)CC1)C1CCNC1.